The highest BCUT2D eigenvalue weighted by Gasteiger charge is 2.54. The summed E-state index contributed by atoms with van der Waals surface area (Å²) in [6.45, 7) is 4.07. The zero-order chi connectivity index (χ0) is 22.9. The highest BCUT2D eigenvalue weighted by Crippen LogP contribution is 2.36. The first-order valence-electron chi connectivity index (χ1n) is 10.9. The van der Waals surface area contributed by atoms with E-state index in [2.05, 4.69) is 15.5 Å². The van der Waals surface area contributed by atoms with Gasteiger partial charge in [0.2, 0.25) is 5.91 Å². The van der Waals surface area contributed by atoms with Gasteiger partial charge in [-0.05, 0) is 38.0 Å². The van der Waals surface area contributed by atoms with Gasteiger partial charge in [-0.25, -0.2) is 14.5 Å². The highest BCUT2D eigenvalue weighted by molar-refractivity contribution is 6.12. The average Bonchev–Trinajstić information content (AvgIpc) is 3.37. The largest absolute Gasteiger partial charge is 0.465 e. The predicted molar refractivity (Wildman–Crippen MR) is 115 cm³/mol. The second kappa shape index (κ2) is 8.78. The SMILES string of the molecule is COC(=O)c1cc(N2CCOCC2)ccc1NC(=O)C(C)N1C(=O)NC2(CCCC2)C1=O. The number of esters is 1. The van der Waals surface area contributed by atoms with Crippen molar-refractivity contribution in [1.82, 2.24) is 10.2 Å². The molecule has 4 rings (SSSR count). The van der Waals surface area contributed by atoms with Crippen molar-refractivity contribution in [3.63, 3.8) is 0 Å². The van der Waals surface area contributed by atoms with E-state index in [0.29, 0.717) is 39.1 Å². The standard InChI is InChI=1S/C22H28N4O6/c1-14(26-20(29)22(24-21(26)30)7-3-4-8-22)18(27)23-17-6-5-15(13-16(17)19(28)31-2)25-9-11-32-12-10-25/h5-6,13-14H,3-4,7-12H2,1-2H3,(H,23,27)(H,24,30). The van der Waals surface area contributed by atoms with Crippen LogP contribution in [0.3, 0.4) is 0 Å². The van der Waals surface area contributed by atoms with Crippen LogP contribution in [0.1, 0.15) is 43.0 Å². The molecule has 172 valence electrons. The number of carbonyl (C=O) groups excluding carboxylic acids is 4. The summed E-state index contributed by atoms with van der Waals surface area (Å²) in [4.78, 5) is 53.9. The molecule has 0 aromatic heterocycles. The number of nitrogens with zero attached hydrogens (tertiary/aromatic N) is 2. The summed E-state index contributed by atoms with van der Waals surface area (Å²) < 4.78 is 10.3. The number of amides is 4. The van der Waals surface area contributed by atoms with Crippen molar-refractivity contribution < 1.29 is 28.7 Å². The van der Waals surface area contributed by atoms with Crippen LogP contribution in [0.25, 0.3) is 0 Å². The van der Waals surface area contributed by atoms with Gasteiger partial charge in [0, 0.05) is 18.8 Å². The van der Waals surface area contributed by atoms with E-state index in [0.717, 1.165) is 23.4 Å². The summed E-state index contributed by atoms with van der Waals surface area (Å²) in [5, 5.41) is 5.47. The van der Waals surface area contributed by atoms with E-state index in [4.69, 9.17) is 9.47 Å². The summed E-state index contributed by atoms with van der Waals surface area (Å²) in [7, 11) is 1.27. The molecule has 10 nitrogen and oxygen atoms in total. The molecule has 32 heavy (non-hydrogen) atoms. The summed E-state index contributed by atoms with van der Waals surface area (Å²) in [5.41, 5.74) is 0.384. The van der Waals surface area contributed by atoms with Crippen LogP contribution in [0.2, 0.25) is 0 Å². The van der Waals surface area contributed by atoms with Gasteiger partial charge in [0.25, 0.3) is 5.91 Å². The summed E-state index contributed by atoms with van der Waals surface area (Å²) >= 11 is 0. The first-order valence-corrected chi connectivity index (χ1v) is 10.9. The van der Waals surface area contributed by atoms with Crippen LogP contribution in [0.15, 0.2) is 18.2 Å². The second-order valence-corrected chi connectivity index (χ2v) is 8.38. The molecule has 3 fully saturated rings. The van der Waals surface area contributed by atoms with Gasteiger partial charge in [0.15, 0.2) is 0 Å². The lowest BCUT2D eigenvalue weighted by molar-refractivity contribution is -0.136. The molecule has 2 saturated heterocycles. The van der Waals surface area contributed by atoms with E-state index in [-0.39, 0.29) is 17.2 Å². The number of urea groups is 1. The van der Waals surface area contributed by atoms with Crippen LogP contribution in [0.4, 0.5) is 16.2 Å². The molecule has 1 aromatic rings. The van der Waals surface area contributed by atoms with Crippen molar-refractivity contribution in [3.8, 4) is 0 Å². The summed E-state index contributed by atoms with van der Waals surface area (Å²) in [5.74, 6) is -1.52. The van der Waals surface area contributed by atoms with Crippen molar-refractivity contribution >= 4 is 35.2 Å². The van der Waals surface area contributed by atoms with Gasteiger partial charge in [0.05, 0.1) is 31.6 Å². The first-order chi connectivity index (χ1) is 15.4. The van der Waals surface area contributed by atoms with Crippen molar-refractivity contribution in [3.05, 3.63) is 23.8 Å². The predicted octanol–water partition coefficient (Wildman–Crippen LogP) is 1.50. The third-order valence-electron chi connectivity index (χ3n) is 6.46. The molecule has 1 saturated carbocycles. The molecule has 1 unspecified atom stereocenters. The zero-order valence-corrected chi connectivity index (χ0v) is 18.3. The van der Waals surface area contributed by atoms with E-state index in [1.807, 2.05) is 0 Å². The monoisotopic (exact) mass is 444 g/mol. The van der Waals surface area contributed by atoms with Gasteiger partial charge in [-0.2, -0.15) is 0 Å². The van der Waals surface area contributed by atoms with Crippen molar-refractivity contribution in [2.75, 3.05) is 43.6 Å². The number of benzene rings is 1. The Bertz CT molecular complexity index is 936. The molecule has 1 aromatic carbocycles. The average molecular weight is 444 g/mol. The Hall–Kier alpha value is -3.14. The molecular weight excluding hydrogens is 416 g/mol. The first kappa shape index (κ1) is 22.1. The summed E-state index contributed by atoms with van der Waals surface area (Å²) in [6.07, 6.45) is 2.88. The Balaban J connectivity index is 1.53. The van der Waals surface area contributed by atoms with Gasteiger partial charge >= 0.3 is 12.0 Å². The molecular formula is C22H28N4O6. The van der Waals surface area contributed by atoms with Crippen LogP contribution in [0, 0.1) is 0 Å². The van der Waals surface area contributed by atoms with Crippen LogP contribution >= 0.6 is 0 Å². The van der Waals surface area contributed by atoms with Gasteiger partial charge in [-0.15, -0.1) is 0 Å². The van der Waals surface area contributed by atoms with Crippen LogP contribution in [-0.4, -0.2) is 73.7 Å². The Morgan fingerprint density at radius 3 is 2.53 bits per heavy atom. The normalized spacial score (nSPS) is 20.9. The van der Waals surface area contributed by atoms with E-state index in [9.17, 15) is 19.2 Å². The topological polar surface area (TPSA) is 117 Å². The molecule has 2 aliphatic heterocycles. The maximum Gasteiger partial charge on any atom is 0.340 e. The highest BCUT2D eigenvalue weighted by atomic mass is 16.5. The number of anilines is 2. The smallest absolute Gasteiger partial charge is 0.340 e. The fourth-order valence-corrected chi connectivity index (χ4v) is 4.60. The third-order valence-corrected chi connectivity index (χ3v) is 6.46. The Labute approximate surface area is 186 Å². The van der Waals surface area contributed by atoms with E-state index >= 15 is 0 Å². The molecule has 10 heteroatoms. The van der Waals surface area contributed by atoms with Gasteiger partial charge in [0.1, 0.15) is 11.6 Å². The number of methoxy groups -OCH3 is 1. The minimum Gasteiger partial charge on any atom is -0.465 e. The molecule has 2 heterocycles. The number of nitrogens with one attached hydrogen (secondary N) is 2. The van der Waals surface area contributed by atoms with Gasteiger partial charge < -0.3 is 25.0 Å². The number of hydrogen-bond donors (Lipinski definition) is 2. The van der Waals surface area contributed by atoms with Crippen LogP contribution in [-0.2, 0) is 19.1 Å². The van der Waals surface area contributed by atoms with Gasteiger partial charge in [-0.1, -0.05) is 12.8 Å². The second-order valence-electron chi connectivity index (χ2n) is 8.38. The number of morpholine rings is 1. The molecule has 1 atom stereocenters. The number of imide groups is 1. The quantitative estimate of drug-likeness (QED) is 0.522. The van der Waals surface area contributed by atoms with Crippen LogP contribution < -0.4 is 15.5 Å². The molecule has 3 aliphatic rings. The zero-order valence-electron chi connectivity index (χ0n) is 18.3. The number of rotatable bonds is 5. The minimum atomic E-state index is -1.04. The number of carbonyl (C=O) groups is 4. The molecule has 0 radical (unpaired) electrons. The molecule has 2 N–H and O–H groups in total. The summed E-state index contributed by atoms with van der Waals surface area (Å²) in [6, 6.07) is 3.51. The number of ether oxygens (including phenoxy) is 2. The van der Waals surface area contributed by atoms with E-state index < -0.39 is 29.5 Å². The Morgan fingerprint density at radius 1 is 1.19 bits per heavy atom. The maximum atomic E-state index is 13.0. The molecule has 0 bridgehead atoms. The Kier molecular flexibility index (Phi) is 6.05. The number of hydrogen-bond acceptors (Lipinski definition) is 7. The molecule has 1 aliphatic carbocycles. The third kappa shape index (κ3) is 3.90. The van der Waals surface area contributed by atoms with E-state index in [1.165, 1.54) is 14.0 Å². The van der Waals surface area contributed by atoms with Crippen molar-refractivity contribution in [1.29, 1.82) is 0 Å². The lowest BCUT2D eigenvalue weighted by Crippen LogP contribution is -2.48. The van der Waals surface area contributed by atoms with Crippen LogP contribution in [0.5, 0.6) is 0 Å². The minimum absolute atomic E-state index is 0.196. The van der Waals surface area contributed by atoms with Crippen molar-refractivity contribution in [2.45, 2.75) is 44.2 Å². The fourth-order valence-electron chi connectivity index (χ4n) is 4.60. The fraction of sp³-hybridized carbons (Fsp3) is 0.545. The molecule has 1 spiro atoms. The van der Waals surface area contributed by atoms with Gasteiger partial charge in [-0.3, -0.25) is 9.59 Å². The van der Waals surface area contributed by atoms with Crippen molar-refractivity contribution in [2.24, 2.45) is 0 Å². The Morgan fingerprint density at radius 2 is 1.88 bits per heavy atom. The lowest BCUT2D eigenvalue weighted by Gasteiger charge is -2.29. The molecule has 4 amide bonds. The lowest BCUT2D eigenvalue weighted by atomic mass is 9.97. The van der Waals surface area contributed by atoms with E-state index in [1.54, 1.807) is 18.2 Å². The maximum absolute atomic E-state index is 13.0.